The van der Waals surface area contributed by atoms with Gasteiger partial charge in [0.25, 0.3) is 5.91 Å². The van der Waals surface area contributed by atoms with Crippen LogP contribution < -0.4 is 16.6 Å². The van der Waals surface area contributed by atoms with Gasteiger partial charge >= 0.3 is 0 Å². The van der Waals surface area contributed by atoms with E-state index in [0.29, 0.717) is 24.1 Å². The molecular formula is C14H23N5O. The minimum atomic E-state index is -0.161. The van der Waals surface area contributed by atoms with Gasteiger partial charge in [0, 0.05) is 12.6 Å². The van der Waals surface area contributed by atoms with Gasteiger partial charge in [-0.1, -0.05) is 12.5 Å². The smallest absolute Gasteiger partial charge is 0.270 e. The molecule has 2 rings (SSSR count). The molecule has 110 valence electrons. The summed E-state index contributed by atoms with van der Waals surface area (Å²) in [5.41, 5.74) is 2.82. The Hall–Kier alpha value is -1.66. The van der Waals surface area contributed by atoms with Crippen LogP contribution in [-0.2, 0) is 0 Å². The molecule has 0 saturated carbocycles. The number of hydrazine groups is 1. The van der Waals surface area contributed by atoms with Gasteiger partial charge < -0.3 is 10.7 Å². The lowest BCUT2D eigenvalue weighted by Gasteiger charge is -2.32. The predicted molar refractivity (Wildman–Crippen MR) is 79.3 cm³/mol. The highest BCUT2D eigenvalue weighted by Gasteiger charge is 2.17. The number of nitrogens with one attached hydrogen (secondary N) is 2. The van der Waals surface area contributed by atoms with Gasteiger partial charge in [-0.15, -0.1) is 0 Å². The maximum atomic E-state index is 12.0. The number of rotatable bonds is 5. The Morgan fingerprint density at radius 3 is 2.85 bits per heavy atom. The normalized spacial score (nSPS) is 17.5. The van der Waals surface area contributed by atoms with Gasteiger partial charge in [0.15, 0.2) is 0 Å². The fourth-order valence-corrected chi connectivity index (χ4v) is 2.46. The Labute approximate surface area is 119 Å². The van der Waals surface area contributed by atoms with Crippen LogP contribution in [0, 0.1) is 0 Å². The average Bonchev–Trinajstić information content (AvgIpc) is 2.53. The number of anilines is 1. The summed E-state index contributed by atoms with van der Waals surface area (Å²) in [5, 5.41) is 2.94. The van der Waals surface area contributed by atoms with E-state index in [1.54, 1.807) is 18.2 Å². The van der Waals surface area contributed by atoms with Crippen molar-refractivity contribution in [3.8, 4) is 0 Å². The molecule has 1 saturated heterocycles. The third kappa shape index (κ3) is 3.91. The fourth-order valence-electron chi connectivity index (χ4n) is 2.46. The van der Waals surface area contributed by atoms with Crippen molar-refractivity contribution in [2.45, 2.75) is 32.2 Å². The Bertz CT molecular complexity index is 445. The number of likely N-dealkylation sites (tertiary alicyclic amines) is 1. The highest BCUT2D eigenvalue weighted by molar-refractivity contribution is 5.92. The van der Waals surface area contributed by atoms with E-state index in [1.807, 2.05) is 0 Å². The molecule has 0 aliphatic carbocycles. The van der Waals surface area contributed by atoms with Crippen LogP contribution in [0.4, 0.5) is 5.82 Å². The van der Waals surface area contributed by atoms with E-state index in [1.165, 1.54) is 19.3 Å². The van der Waals surface area contributed by atoms with E-state index in [-0.39, 0.29) is 5.91 Å². The molecule has 0 radical (unpaired) electrons. The Kier molecular flexibility index (Phi) is 5.31. The van der Waals surface area contributed by atoms with Crippen LogP contribution in [0.15, 0.2) is 18.2 Å². The van der Waals surface area contributed by atoms with Crippen molar-refractivity contribution in [2.75, 3.05) is 25.1 Å². The van der Waals surface area contributed by atoms with E-state index < -0.39 is 0 Å². The second-order valence-electron chi connectivity index (χ2n) is 5.21. The summed E-state index contributed by atoms with van der Waals surface area (Å²) in [6, 6.07) is 5.51. The number of amides is 1. The third-order valence-corrected chi connectivity index (χ3v) is 3.70. The van der Waals surface area contributed by atoms with Crippen molar-refractivity contribution in [2.24, 2.45) is 5.84 Å². The summed E-state index contributed by atoms with van der Waals surface area (Å²) in [6.07, 6.45) is 3.83. The van der Waals surface area contributed by atoms with Crippen molar-refractivity contribution < 1.29 is 4.79 Å². The van der Waals surface area contributed by atoms with Crippen LogP contribution in [0.3, 0.4) is 0 Å². The zero-order chi connectivity index (χ0) is 14.4. The molecule has 1 aromatic rings. The number of nitrogens with zero attached hydrogens (tertiary/aromatic N) is 2. The van der Waals surface area contributed by atoms with Gasteiger partial charge in [-0.05, 0) is 45.0 Å². The first-order valence-electron chi connectivity index (χ1n) is 7.16. The third-order valence-electron chi connectivity index (χ3n) is 3.70. The monoisotopic (exact) mass is 277 g/mol. The van der Waals surface area contributed by atoms with Gasteiger partial charge in [0.2, 0.25) is 0 Å². The summed E-state index contributed by atoms with van der Waals surface area (Å²) in [5.74, 6) is 5.61. The molecule has 1 unspecified atom stereocenters. The minimum Gasteiger partial charge on any atom is -0.349 e. The molecule has 1 atom stereocenters. The number of hydrogen-bond donors (Lipinski definition) is 3. The number of carbonyl (C=O) groups is 1. The van der Waals surface area contributed by atoms with E-state index in [4.69, 9.17) is 5.84 Å². The fraction of sp³-hybridized carbons (Fsp3) is 0.571. The Morgan fingerprint density at radius 1 is 1.40 bits per heavy atom. The lowest BCUT2D eigenvalue weighted by atomic mass is 10.1. The lowest BCUT2D eigenvalue weighted by Crippen LogP contribution is -2.44. The topological polar surface area (TPSA) is 83.3 Å². The van der Waals surface area contributed by atoms with Gasteiger partial charge in [-0.25, -0.2) is 10.8 Å². The minimum absolute atomic E-state index is 0.161. The van der Waals surface area contributed by atoms with Crippen LogP contribution >= 0.6 is 0 Å². The van der Waals surface area contributed by atoms with E-state index in [2.05, 4.69) is 27.6 Å². The standard InChI is InChI=1S/C14H23N5O/c1-11(19-8-3-2-4-9-19)10-16-14(20)12-6-5-7-13(17-12)18-15/h5-7,11H,2-4,8-10,15H2,1H3,(H,16,20)(H,17,18). The number of pyridine rings is 1. The SMILES string of the molecule is CC(CNC(=O)c1cccc(NN)n1)N1CCCCC1. The van der Waals surface area contributed by atoms with E-state index >= 15 is 0 Å². The zero-order valence-corrected chi connectivity index (χ0v) is 11.9. The second kappa shape index (κ2) is 7.21. The van der Waals surface area contributed by atoms with Crippen LogP contribution in [0.25, 0.3) is 0 Å². The molecule has 6 nitrogen and oxygen atoms in total. The first-order chi connectivity index (χ1) is 9.70. The number of aromatic nitrogens is 1. The zero-order valence-electron chi connectivity index (χ0n) is 11.9. The summed E-state index contributed by atoms with van der Waals surface area (Å²) < 4.78 is 0. The van der Waals surface area contributed by atoms with Gasteiger partial charge in [0.05, 0.1) is 0 Å². The van der Waals surface area contributed by atoms with Gasteiger partial charge in [-0.3, -0.25) is 9.69 Å². The van der Waals surface area contributed by atoms with Crippen molar-refractivity contribution in [1.29, 1.82) is 0 Å². The highest BCUT2D eigenvalue weighted by Crippen LogP contribution is 2.11. The van der Waals surface area contributed by atoms with Gasteiger partial charge in [-0.2, -0.15) is 0 Å². The molecule has 1 aliphatic heterocycles. The Morgan fingerprint density at radius 2 is 2.15 bits per heavy atom. The number of nitrogen functional groups attached to an aromatic ring is 1. The Balaban J connectivity index is 1.84. The quantitative estimate of drug-likeness (QED) is 0.552. The molecule has 0 bridgehead atoms. The predicted octanol–water partition coefficient (Wildman–Crippen LogP) is 0.971. The molecule has 20 heavy (non-hydrogen) atoms. The highest BCUT2D eigenvalue weighted by atomic mass is 16.1. The molecular weight excluding hydrogens is 254 g/mol. The van der Waals surface area contributed by atoms with Crippen LogP contribution in [0.5, 0.6) is 0 Å². The molecule has 1 amide bonds. The molecule has 1 aromatic heterocycles. The number of nitrogens with two attached hydrogens (primary N) is 1. The van der Waals surface area contributed by atoms with Crippen LogP contribution in [0.1, 0.15) is 36.7 Å². The van der Waals surface area contributed by atoms with Crippen LogP contribution in [-0.4, -0.2) is 41.5 Å². The summed E-state index contributed by atoms with van der Waals surface area (Å²) in [6.45, 7) is 5.04. The molecule has 1 aliphatic rings. The number of carbonyl (C=O) groups excluding carboxylic acids is 1. The molecule has 0 aromatic carbocycles. The molecule has 0 spiro atoms. The maximum absolute atomic E-state index is 12.0. The van der Waals surface area contributed by atoms with Crippen molar-refractivity contribution in [3.63, 3.8) is 0 Å². The summed E-state index contributed by atoms with van der Waals surface area (Å²) >= 11 is 0. The molecule has 2 heterocycles. The first-order valence-corrected chi connectivity index (χ1v) is 7.16. The van der Waals surface area contributed by atoms with Crippen molar-refractivity contribution >= 4 is 11.7 Å². The summed E-state index contributed by atoms with van der Waals surface area (Å²) in [7, 11) is 0. The van der Waals surface area contributed by atoms with E-state index in [9.17, 15) is 4.79 Å². The van der Waals surface area contributed by atoms with Crippen molar-refractivity contribution in [3.05, 3.63) is 23.9 Å². The van der Waals surface area contributed by atoms with E-state index in [0.717, 1.165) is 13.1 Å². The molecule has 4 N–H and O–H groups in total. The first kappa shape index (κ1) is 14.7. The maximum Gasteiger partial charge on any atom is 0.270 e. The number of hydrogen-bond acceptors (Lipinski definition) is 5. The largest absolute Gasteiger partial charge is 0.349 e. The molecule has 6 heteroatoms. The number of piperidine rings is 1. The second-order valence-corrected chi connectivity index (χ2v) is 5.21. The average molecular weight is 277 g/mol. The lowest BCUT2D eigenvalue weighted by molar-refractivity contribution is 0.0925. The van der Waals surface area contributed by atoms with Crippen LogP contribution in [0.2, 0.25) is 0 Å². The van der Waals surface area contributed by atoms with Crippen molar-refractivity contribution in [1.82, 2.24) is 15.2 Å². The molecule has 1 fully saturated rings. The van der Waals surface area contributed by atoms with Gasteiger partial charge in [0.1, 0.15) is 11.5 Å². The summed E-state index contributed by atoms with van der Waals surface area (Å²) in [4.78, 5) is 18.6.